The Hall–Kier alpha value is -3.20. The van der Waals surface area contributed by atoms with E-state index in [0.717, 1.165) is 5.56 Å². The van der Waals surface area contributed by atoms with Crippen molar-refractivity contribution in [3.8, 4) is 17.2 Å². The maximum atomic E-state index is 11.3. The normalized spacial score (nSPS) is 10.3. The summed E-state index contributed by atoms with van der Waals surface area (Å²) in [6, 6.07) is 10.5. The second-order valence-corrected chi connectivity index (χ2v) is 4.16. The molecule has 0 bridgehead atoms. The summed E-state index contributed by atoms with van der Waals surface area (Å²) in [5.41, 5.74) is 2.45. The molecular formula is C14H8N4O2. The van der Waals surface area contributed by atoms with E-state index in [9.17, 15) is 9.90 Å². The van der Waals surface area contributed by atoms with Gasteiger partial charge in [-0.05, 0) is 23.8 Å². The molecule has 1 aromatic carbocycles. The molecule has 6 nitrogen and oxygen atoms in total. The average Bonchev–Trinajstić information content (AvgIpc) is 2.94. The van der Waals surface area contributed by atoms with Gasteiger partial charge in [-0.25, -0.2) is 14.3 Å². The topological polar surface area (TPSA) is 91.3 Å². The molecule has 2 heterocycles. The second kappa shape index (κ2) is 4.48. The van der Waals surface area contributed by atoms with Crippen LogP contribution in [0.15, 0.2) is 42.9 Å². The number of nitrogens with zero attached hydrogens (tertiary/aromatic N) is 4. The van der Waals surface area contributed by atoms with Gasteiger partial charge in [-0.3, -0.25) is 0 Å². The fourth-order valence-electron chi connectivity index (χ4n) is 1.98. The molecule has 0 radical (unpaired) electrons. The highest BCUT2D eigenvalue weighted by Gasteiger charge is 2.13. The second-order valence-electron chi connectivity index (χ2n) is 4.16. The molecule has 0 saturated heterocycles. The number of carboxylic acids is 1. The highest BCUT2D eigenvalue weighted by molar-refractivity contribution is 5.95. The van der Waals surface area contributed by atoms with Crippen LogP contribution in [0, 0.1) is 11.3 Å². The number of rotatable bonds is 2. The van der Waals surface area contributed by atoms with Crippen LogP contribution in [0.1, 0.15) is 15.9 Å². The van der Waals surface area contributed by atoms with E-state index >= 15 is 0 Å². The Morgan fingerprint density at radius 3 is 2.65 bits per heavy atom. The third-order valence-electron chi connectivity index (χ3n) is 2.95. The van der Waals surface area contributed by atoms with Crippen LogP contribution < -0.4 is 0 Å². The van der Waals surface area contributed by atoms with Gasteiger partial charge in [-0.2, -0.15) is 10.4 Å². The van der Waals surface area contributed by atoms with Gasteiger partial charge in [0, 0.05) is 11.8 Å². The largest absolute Gasteiger partial charge is 0.478 e. The van der Waals surface area contributed by atoms with Gasteiger partial charge in [0.05, 0.1) is 11.6 Å². The standard InChI is InChI=1S/C14H8N4O2/c15-6-9-1-3-10(4-2-9)11-5-12(14(19)20)13-16-8-17-18(13)7-11/h1-5,7-8H,(H,19,20). The predicted octanol–water partition coefficient (Wildman–Crippen LogP) is 1.97. The maximum Gasteiger partial charge on any atom is 0.339 e. The summed E-state index contributed by atoms with van der Waals surface area (Å²) in [5.74, 6) is -1.06. The first kappa shape index (κ1) is 11.9. The number of carboxylic acid groups (broad SMARTS) is 1. The molecule has 0 aliphatic carbocycles. The van der Waals surface area contributed by atoms with E-state index in [1.54, 1.807) is 36.5 Å². The van der Waals surface area contributed by atoms with Crippen molar-refractivity contribution in [3.05, 3.63) is 54.0 Å². The minimum atomic E-state index is -1.06. The third kappa shape index (κ3) is 1.87. The van der Waals surface area contributed by atoms with E-state index in [2.05, 4.69) is 10.1 Å². The van der Waals surface area contributed by atoms with E-state index in [-0.39, 0.29) is 5.56 Å². The molecule has 0 spiro atoms. The Labute approximate surface area is 113 Å². The highest BCUT2D eigenvalue weighted by atomic mass is 16.4. The zero-order valence-electron chi connectivity index (χ0n) is 10.2. The van der Waals surface area contributed by atoms with Crippen LogP contribution in [0.4, 0.5) is 0 Å². The molecule has 0 unspecified atom stereocenters. The molecule has 0 aliphatic heterocycles. The molecule has 0 amide bonds. The van der Waals surface area contributed by atoms with Crippen molar-refractivity contribution >= 4 is 11.6 Å². The van der Waals surface area contributed by atoms with Crippen molar-refractivity contribution in [2.24, 2.45) is 0 Å². The fraction of sp³-hybridized carbons (Fsp3) is 0. The number of hydrogen-bond donors (Lipinski definition) is 1. The maximum absolute atomic E-state index is 11.3. The van der Waals surface area contributed by atoms with Crippen LogP contribution in [0.25, 0.3) is 16.8 Å². The van der Waals surface area contributed by atoms with Crippen LogP contribution in [0.3, 0.4) is 0 Å². The third-order valence-corrected chi connectivity index (χ3v) is 2.95. The molecule has 1 N–H and O–H groups in total. The van der Waals surface area contributed by atoms with Gasteiger partial charge in [0.2, 0.25) is 0 Å². The van der Waals surface area contributed by atoms with Gasteiger partial charge in [-0.1, -0.05) is 12.1 Å². The zero-order chi connectivity index (χ0) is 14.1. The molecule has 0 saturated carbocycles. The first-order valence-corrected chi connectivity index (χ1v) is 5.76. The molecular weight excluding hydrogens is 256 g/mol. The Balaban J connectivity index is 2.20. The van der Waals surface area contributed by atoms with Crippen LogP contribution in [0.5, 0.6) is 0 Å². The Morgan fingerprint density at radius 1 is 1.25 bits per heavy atom. The number of pyridine rings is 1. The molecule has 6 heteroatoms. The van der Waals surface area contributed by atoms with Gasteiger partial charge >= 0.3 is 5.97 Å². The monoisotopic (exact) mass is 264 g/mol. The molecule has 0 fully saturated rings. The first-order chi connectivity index (χ1) is 9.69. The van der Waals surface area contributed by atoms with Crippen molar-refractivity contribution in [2.75, 3.05) is 0 Å². The lowest BCUT2D eigenvalue weighted by Gasteiger charge is -2.05. The molecule has 20 heavy (non-hydrogen) atoms. The summed E-state index contributed by atoms with van der Waals surface area (Å²) in [5, 5.41) is 22.0. The SMILES string of the molecule is N#Cc1ccc(-c2cc(C(=O)O)c3ncnn3c2)cc1. The van der Waals surface area contributed by atoms with Gasteiger partial charge in [0.15, 0.2) is 5.65 Å². The first-order valence-electron chi connectivity index (χ1n) is 5.76. The summed E-state index contributed by atoms with van der Waals surface area (Å²) in [7, 11) is 0. The molecule has 96 valence electrons. The van der Waals surface area contributed by atoms with Crippen molar-refractivity contribution < 1.29 is 9.90 Å². The van der Waals surface area contributed by atoms with Gasteiger partial charge < -0.3 is 5.11 Å². The number of benzene rings is 1. The number of fused-ring (bicyclic) bond motifs is 1. The summed E-state index contributed by atoms with van der Waals surface area (Å²) < 4.78 is 1.43. The van der Waals surface area contributed by atoms with Crippen LogP contribution in [0.2, 0.25) is 0 Å². The van der Waals surface area contributed by atoms with E-state index < -0.39 is 5.97 Å². The van der Waals surface area contributed by atoms with Gasteiger partial charge in [0.25, 0.3) is 0 Å². The quantitative estimate of drug-likeness (QED) is 0.764. The lowest BCUT2D eigenvalue weighted by Crippen LogP contribution is -2.02. The van der Waals surface area contributed by atoms with Gasteiger partial charge in [0.1, 0.15) is 11.9 Å². The number of hydrogen-bond acceptors (Lipinski definition) is 4. The van der Waals surface area contributed by atoms with Crippen LogP contribution >= 0.6 is 0 Å². The number of aromatic nitrogens is 3. The lowest BCUT2D eigenvalue weighted by molar-refractivity contribution is 0.0698. The van der Waals surface area contributed by atoms with E-state index in [1.165, 1.54) is 10.8 Å². The summed E-state index contributed by atoms with van der Waals surface area (Å²) >= 11 is 0. The van der Waals surface area contributed by atoms with Crippen LogP contribution in [-0.2, 0) is 0 Å². The lowest BCUT2D eigenvalue weighted by atomic mass is 10.0. The predicted molar refractivity (Wildman–Crippen MR) is 70.1 cm³/mol. The number of nitriles is 1. The molecule has 3 rings (SSSR count). The minimum absolute atomic E-state index is 0.0874. The Kier molecular flexibility index (Phi) is 2.66. The molecule has 2 aromatic heterocycles. The molecule has 0 atom stereocenters. The van der Waals surface area contributed by atoms with Crippen molar-refractivity contribution in [1.82, 2.24) is 14.6 Å². The molecule has 0 aliphatic rings. The van der Waals surface area contributed by atoms with Crippen molar-refractivity contribution in [3.63, 3.8) is 0 Å². The van der Waals surface area contributed by atoms with E-state index in [0.29, 0.717) is 16.8 Å². The minimum Gasteiger partial charge on any atom is -0.478 e. The van der Waals surface area contributed by atoms with Crippen LogP contribution in [-0.4, -0.2) is 25.7 Å². The number of carbonyl (C=O) groups is 1. The van der Waals surface area contributed by atoms with Gasteiger partial charge in [-0.15, -0.1) is 0 Å². The Morgan fingerprint density at radius 2 is 2.00 bits per heavy atom. The van der Waals surface area contributed by atoms with Crippen molar-refractivity contribution in [1.29, 1.82) is 5.26 Å². The Bertz CT molecular complexity index is 844. The van der Waals surface area contributed by atoms with E-state index in [1.807, 2.05) is 6.07 Å². The van der Waals surface area contributed by atoms with E-state index in [4.69, 9.17) is 5.26 Å². The summed E-state index contributed by atoms with van der Waals surface area (Å²) in [6.07, 6.45) is 3.01. The summed E-state index contributed by atoms with van der Waals surface area (Å²) in [6.45, 7) is 0. The van der Waals surface area contributed by atoms with Crippen molar-refractivity contribution in [2.45, 2.75) is 0 Å². The highest BCUT2D eigenvalue weighted by Crippen LogP contribution is 2.22. The summed E-state index contributed by atoms with van der Waals surface area (Å²) in [4.78, 5) is 15.2. The fourth-order valence-corrected chi connectivity index (χ4v) is 1.98. The number of aromatic carboxylic acids is 1. The zero-order valence-corrected chi connectivity index (χ0v) is 10.2. The smallest absolute Gasteiger partial charge is 0.339 e. The molecule has 3 aromatic rings. The average molecular weight is 264 g/mol.